The molecule has 33 heavy (non-hydrogen) atoms. The lowest BCUT2D eigenvalue weighted by molar-refractivity contribution is 0.102. The molecule has 1 saturated heterocycles. The molecule has 1 aliphatic heterocycles. The molecule has 3 fully saturated rings. The molecule has 0 bridgehead atoms. The van der Waals surface area contributed by atoms with Crippen molar-refractivity contribution in [2.75, 3.05) is 18.0 Å². The minimum absolute atomic E-state index is 0.0296. The van der Waals surface area contributed by atoms with Gasteiger partial charge in [0.05, 0.1) is 23.7 Å². The summed E-state index contributed by atoms with van der Waals surface area (Å²) in [6.07, 6.45) is 7.68. The van der Waals surface area contributed by atoms with Gasteiger partial charge in [0.2, 0.25) is 10.0 Å². The predicted molar refractivity (Wildman–Crippen MR) is 125 cm³/mol. The Morgan fingerprint density at radius 1 is 1.12 bits per heavy atom. The second-order valence-electron chi connectivity index (χ2n) is 9.30. The molecule has 1 aromatic heterocycles. The lowest BCUT2D eigenvalue weighted by Crippen LogP contribution is -2.46. The third-order valence-corrected chi connectivity index (χ3v) is 9.31. The maximum Gasteiger partial charge on any atom is 0.407 e. The molecule has 184 valence electrons. The van der Waals surface area contributed by atoms with E-state index in [0.29, 0.717) is 50.9 Å². The monoisotopic (exact) mass is 501 g/mol. The van der Waals surface area contributed by atoms with Crippen LogP contribution in [0.15, 0.2) is 11.0 Å². The molecular weight excluding hydrogens is 470 g/mol. The van der Waals surface area contributed by atoms with Gasteiger partial charge < -0.3 is 15.0 Å². The van der Waals surface area contributed by atoms with E-state index in [1.54, 1.807) is 6.20 Å². The van der Waals surface area contributed by atoms with Crippen molar-refractivity contribution in [2.24, 2.45) is 7.05 Å². The highest BCUT2D eigenvalue weighted by molar-refractivity contribution is 7.90. The SMILES string of the molecule is Cn1ncc(N2CC[C@@H](OC(=O)N[C@H]3CC[C@H](NS(=O)(=O)C4CCCC4)CC3)C2)c(Cl)c1=O. The molecule has 4 rings (SSSR count). The summed E-state index contributed by atoms with van der Waals surface area (Å²) in [5.74, 6) is 0. The third-order valence-electron chi connectivity index (χ3n) is 6.94. The van der Waals surface area contributed by atoms with E-state index in [1.165, 1.54) is 11.7 Å². The van der Waals surface area contributed by atoms with Crippen molar-refractivity contribution in [2.45, 2.75) is 81.2 Å². The number of alkyl carbamates (subject to hydrolysis) is 1. The van der Waals surface area contributed by atoms with Crippen molar-refractivity contribution < 1.29 is 17.9 Å². The first-order chi connectivity index (χ1) is 15.7. The molecule has 0 aromatic carbocycles. The van der Waals surface area contributed by atoms with Crippen LogP contribution in [-0.2, 0) is 21.8 Å². The van der Waals surface area contributed by atoms with Gasteiger partial charge in [0, 0.05) is 32.1 Å². The summed E-state index contributed by atoms with van der Waals surface area (Å²) in [6.45, 7) is 1.05. The van der Waals surface area contributed by atoms with Gasteiger partial charge in [-0.25, -0.2) is 22.6 Å². The number of hydrogen-bond acceptors (Lipinski definition) is 7. The van der Waals surface area contributed by atoms with Crippen molar-refractivity contribution >= 4 is 33.4 Å². The number of halogens is 1. The second kappa shape index (κ2) is 10.2. The van der Waals surface area contributed by atoms with E-state index < -0.39 is 16.1 Å². The van der Waals surface area contributed by atoms with Crippen molar-refractivity contribution in [1.82, 2.24) is 19.8 Å². The molecule has 1 aromatic rings. The molecule has 2 aliphatic carbocycles. The van der Waals surface area contributed by atoms with Gasteiger partial charge in [-0.2, -0.15) is 5.10 Å². The number of carbonyl (C=O) groups excluding carboxylic acids is 1. The summed E-state index contributed by atoms with van der Waals surface area (Å²) in [7, 11) is -1.72. The van der Waals surface area contributed by atoms with Crippen LogP contribution in [0.25, 0.3) is 0 Å². The molecular formula is C21H32ClN5O5S. The van der Waals surface area contributed by atoms with Gasteiger partial charge in [-0.1, -0.05) is 24.4 Å². The molecule has 3 aliphatic rings. The van der Waals surface area contributed by atoms with E-state index in [0.717, 1.165) is 25.7 Å². The number of amides is 1. The van der Waals surface area contributed by atoms with Gasteiger partial charge >= 0.3 is 6.09 Å². The zero-order valence-corrected chi connectivity index (χ0v) is 20.4. The highest BCUT2D eigenvalue weighted by Gasteiger charge is 2.33. The minimum atomic E-state index is -3.25. The standard InChI is InChI=1S/C21H32ClN5O5S/c1-26-20(28)19(22)18(12-23-26)27-11-10-16(13-27)32-21(29)24-14-6-8-15(9-7-14)25-33(30,31)17-4-2-3-5-17/h12,14-17,25H,2-11,13H2,1H3,(H,24,29)/t14-,15-,16-/m1/s1. The molecule has 0 unspecified atom stereocenters. The van der Waals surface area contributed by atoms with Crippen LogP contribution < -0.4 is 20.5 Å². The Balaban J connectivity index is 1.20. The first kappa shape index (κ1) is 24.3. The van der Waals surface area contributed by atoms with E-state index in [4.69, 9.17) is 16.3 Å². The molecule has 2 N–H and O–H groups in total. The smallest absolute Gasteiger partial charge is 0.407 e. The van der Waals surface area contributed by atoms with Crippen LogP contribution in [0.4, 0.5) is 10.5 Å². The number of carbonyl (C=O) groups is 1. The number of nitrogens with one attached hydrogen (secondary N) is 2. The average Bonchev–Trinajstić information content (AvgIpc) is 3.46. The number of sulfonamides is 1. The van der Waals surface area contributed by atoms with Gasteiger partial charge in [-0.05, 0) is 38.5 Å². The van der Waals surface area contributed by atoms with E-state index in [-0.39, 0.29) is 34.0 Å². The number of hydrogen-bond donors (Lipinski definition) is 2. The van der Waals surface area contributed by atoms with Crippen LogP contribution in [0.5, 0.6) is 0 Å². The highest BCUT2D eigenvalue weighted by atomic mass is 35.5. The maximum atomic E-state index is 12.5. The van der Waals surface area contributed by atoms with Crippen LogP contribution >= 0.6 is 11.6 Å². The normalized spacial score (nSPS) is 26.5. The average molecular weight is 502 g/mol. The Bertz CT molecular complexity index is 1020. The number of ether oxygens (including phenoxy) is 1. The van der Waals surface area contributed by atoms with E-state index in [1.807, 2.05) is 4.90 Å². The topological polar surface area (TPSA) is 123 Å². The predicted octanol–water partition coefficient (Wildman–Crippen LogP) is 1.91. The fourth-order valence-corrected chi connectivity index (χ4v) is 7.14. The van der Waals surface area contributed by atoms with E-state index in [9.17, 15) is 18.0 Å². The van der Waals surface area contributed by atoms with Crippen molar-refractivity contribution in [3.05, 3.63) is 21.6 Å². The molecule has 10 nitrogen and oxygen atoms in total. The number of anilines is 1. The Morgan fingerprint density at radius 3 is 2.48 bits per heavy atom. The number of nitrogens with zero attached hydrogens (tertiary/aromatic N) is 3. The lowest BCUT2D eigenvalue weighted by atomic mass is 9.92. The Labute approximate surface area is 199 Å². The van der Waals surface area contributed by atoms with Crippen molar-refractivity contribution in [3.63, 3.8) is 0 Å². The lowest BCUT2D eigenvalue weighted by Gasteiger charge is -2.30. The fraction of sp³-hybridized carbons (Fsp3) is 0.762. The molecule has 2 saturated carbocycles. The van der Waals surface area contributed by atoms with Gasteiger partial charge in [0.25, 0.3) is 5.56 Å². The fourth-order valence-electron chi connectivity index (χ4n) is 5.00. The zero-order chi connectivity index (χ0) is 23.6. The summed E-state index contributed by atoms with van der Waals surface area (Å²) in [5.41, 5.74) is 0.182. The summed E-state index contributed by atoms with van der Waals surface area (Å²) >= 11 is 6.17. The zero-order valence-electron chi connectivity index (χ0n) is 18.8. The number of aromatic nitrogens is 2. The highest BCUT2D eigenvalue weighted by Crippen LogP contribution is 2.28. The summed E-state index contributed by atoms with van der Waals surface area (Å²) < 4.78 is 34.7. The molecule has 0 spiro atoms. The van der Waals surface area contributed by atoms with E-state index in [2.05, 4.69) is 15.1 Å². The number of aryl methyl sites for hydroxylation is 1. The maximum absolute atomic E-state index is 12.5. The first-order valence-electron chi connectivity index (χ1n) is 11.7. The minimum Gasteiger partial charge on any atom is -0.444 e. The second-order valence-corrected chi connectivity index (χ2v) is 11.7. The van der Waals surface area contributed by atoms with Crippen molar-refractivity contribution in [1.29, 1.82) is 0 Å². The summed E-state index contributed by atoms with van der Waals surface area (Å²) in [6, 6.07) is -0.0944. The molecule has 0 radical (unpaired) electrons. The van der Waals surface area contributed by atoms with Gasteiger partial charge in [-0.15, -0.1) is 0 Å². The van der Waals surface area contributed by atoms with Crippen LogP contribution in [-0.4, -0.2) is 60.8 Å². The largest absolute Gasteiger partial charge is 0.444 e. The van der Waals surface area contributed by atoms with Crippen LogP contribution in [0.1, 0.15) is 57.8 Å². The molecule has 12 heteroatoms. The molecule has 2 heterocycles. The number of rotatable bonds is 6. The van der Waals surface area contributed by atoms with Gasteiger partial charge in [0.1, 0.15) is 11.1 Å². The first-order valence-corrected chi connectivity index (χ1v) is 13.6. The summed E-state index contributed by atoms with van der Waals surface area (Å²) in [5, 5.41) is 6.79. The van der Waals surface area contributed by atoms with Crippen LogP contribution in [0.2, 0.25) is 5.02 Å². The Hall–Kier alpha value is -1.85. The van der Waals surface area contributed by atoms with Gasteiger partial charge in [-0.3, -0.25) is 4.79 Å². The van der Waals surface area contributed by atoms with Crippen LogP contribution in [0, 0.1) is 0 Å². The van der Waals surface area contributed by atoms with Crippen molar-refractivity contribution in [3.8, 4) is 0 Å². The molecule has 1 amide bonds. The quantitative estimate of drug-likeness (QED) is 0.610. The third kappa shape index (κ3) is 5.81. The van der Waals surface area contributed by atoms with Crippen LogP contribution in [0.3, 0.4) is 0 Å². The van der Waals surface area contributed by atoms with Gasteiger partial charge in [0.15, 0.2) is 0 Å². The van der Waals surface area contributed by atoms with E-state index >= 15 is 0 Å². The Kier molecular flexibility index (Phi) is 7.49. The summed E-state index contributed by atoms with van der Waals surface area (Å²) in [4.78, 5) is 26.3. The molecule has 1 atom stereocenters. The Morgan fingerprint density at radius 2 is 1.79 bits per heavy atom.